The summed E-state index contributed by atoms with van der Waals surface area (Å²) in [5.74, 6) is 7.44. The van der Waals surface area contributed by atoms with Gasteiger partial charge in [-0.1, -0.05) is 33.8 Å². The zero-order valence-electron chi connectivity index (χ0n) is 15.4. The molecule has 1 amide bonds. The third-order valence-corrected chi connectivity index (χ3v) is 3.87. The van der Waals surface area contributed by atoms with E-state index in [0.717, 1.165) is 10.2 Å². The second-order valence-electron chi connectivity index (χ2n) is 5.31. The van der Waals surface area contributed by atoms with Crippen molar-refractivity contribution in [3.63, 3.8) is 0 Å². The van der Waals surface area contributed by atoms with Gasteiger partial charge in [-0.05, 0) is 50.2 Å². The summed E-state index contributed by atoms with van der Waals surface area (Å²) in [4.78, 5) is 12.3. The Morgan fingerprint density at radius 3 is 2.52 bits per heavy atom. The number of rotatable bonds is 8. The molecule has 0 saturated heterocycles. The van der Waals surface area contributed by atoms with Crippen molar-refractivity contribution in [2.45, 2.75) is 13.8 Å². The van der Waals surface area contributed by atoms with Crippen LogP contribution in [0.25, 0.3) is 0 Å². The summed E-state index contributed by atoms with van der Waals surface area (Å²) in [6.45, 7) is 5.29. The molecule has 0 fully saturated rings. The molecule has 0 saturated carbocycles. The van der Waals surface area contributed by atoms with Crippen molar-refractivity contribution in [3.05, 3.63) is 52.5 Å². The van der Waals surface area contributed by atoms with Gasteiger partial charge in [0, 0.05) is 10.0 Å². The van der Waals surface area contributed by atoms with Crippen LogP contribution in [0.1, 0.15) is 24.2 Å². The van der Waals surface area contributed by atoms with Crippen LogP contribution in [-0.4, -0.2) is 32.3 Å². The van der Waals surface area contributed by atoms with Gasteiger partial charge < -0.3 is 19.5 Å². The number of hydrogen-bond donors (Lipinski definition) is 1. The zero-order valence-corrected chi connectivity index (χ0v) is 17.0. The molecular weight excluding hydrogens is 410 g/mol. The van der Waals surface area contributed by atoms with Crippen molar-refractivity contribution in [2.75, 3.05) is 26.4 Å². The minimum Gasteiger partial charge on any atom is -0.490 e. The van der Waals surface area contributed by atoms with Crippen LogP contribution in [0.5, 0.6) is 17.2 Å². The van der Waals surface area contributed by atoms with Crippen LogP contribution in [0.2, 0.25) is 0 Å². The number of benzene rings is 2. The molecule has 27 heavy (non-hydrogen) atoms. The first-order valence-electron chi connectivity index (χ1n) is 8.66. The average molecular weight is 432 g/mol. The molecule has 2 rings (SSSR count). The average Bonchev–Trinajstić information content (AvgIpc) is 2.66. The SMILES string of the molecule is CCOc1ccc(C(=O)NCC#CCOc2cccc(Br)c2)cc1OCC. The summed E-state index contributed by atoms with van der Waals surface area (Å²) in [6.07, 6.45) is 0. The fourth-order valence-electron chi connectivity index (χ4n) is 2.21. The number of nitrogens with one attached hydrogen (secondary N) is 1. The Hall–Kier alpha value is -2.65. The summed E-state index contributed by atoms with van der Waals surface area (Å²) in [5.41, 5.74) is 0.495. The summed E-state index contributed by atoms with van der Waals surface area (Å²) in [7, 11) is 0. The van der Waals surface area contributed by atoms with Gasteiger partial charge in [0.1, 0.15) is 12.4 Å². The number of carbonyl (C=O) groups is 1. The molecule has 0 aliphatic rings. The molecule has 2 aromatic rings. The molecular formula is C21H22BrNO4. The molecule has 0 atom stereocenters. The molecule has 0 aliphatic carbocycles. The minimum atomic E-state index is -0.221. The number of ether oxygens (including phenoxy) is 3. The molecule has 0 radical (unpaired) electrons. The maximum Gasteiger partial charge on any atom is 0.252 e. The first-order valence-corrected chi connectivity index (χ1v) is 9.45. The van der Waals surface area contributed by atoms with Crippen molar-refractivity contribution in [3.8, 4) is 29.1 Å². The molecule has 0 aromatic heterocycles. The smallest absolute Gasteiger partial charge is 0.252 e. The second kappa shape index (κ2) is 11.1. The van der Waals surface area contributed by atoms with E-state index in [9.17, 15) is 4.79 Å². The lowest BCUT2D eigenvalue weighted by Gasteiger charge is -2.12. The molecule has 1 N–H and O–H groups in total. The third kappa shape index (κ3) is 6.87. The lowest BCUT2D eigenvalue weighted by Crippen LogP contribution is -2.23. The Labute approximate surface area is 168 Å². The van der Waals surface area contributed by atoms with E-state index in [0.29, 0.717) is 30.3 Å². The highest BCUT2D eigenvalue weighted by atomic mass is 79.9. The van der Waals surface area contributed by atoms with Gasteiger partial charge in [-0.25, -0.2) is 0 Å². The van der Waals surface area contributed by atoms with Crippen LogP contribution in [0.3, 0.4) is 0 Å². The van der Waals surface area contributed by atoms with Gasteiger partial charge in [0.2, 0.25) is 0 Å². The highest BCUT2D eigenvalue weighted by Crippen LogP contribution is 2.28. The molecule has 0 aliphatic heterocycles. The molecule has 2 aromatic carbocycles. The van der Waals surface area contributed by atoms with E-state index in [2.05, 4.69) is 33.1 Å². The predicted octanol–water partition coefficient (Wildman–Crippen LogP) is 4.06. The Kier molecular flexibility index (Phi) is 8.53. The Bertz CT molecular complexity index is 826. The highest BCUT2D eigenvalue weighted by molar-refractivity contribution is 9.10. The summed E-state index contributed by atoms with van der Waals surface area (Å²) in [5, 5.41) is 2.76. The van der Waals surface area contributed by atoms with Crippen molar-refractivity contribution in [1.82, 2.24) is 5.32 Å². The zero-order chi connectivity index (χ0) is 19.5. The molecule has 0 spiro atoms. The van der Waals surface area contributed by atoms with Crippen LogP contribution in [-0.2, 0) is 0 Å². The fourth-order valence-corrected chi connectivity index (χ4v) is 2.59. The highest BCUT2D eigenvalue weighted by Gasteiger charge is 2.10. The quantitative estimate of drug-likeness (QED) is 0.640. The van der Waals surface area contributed by atoms with Crippen molar-refractivity contribution >= 4 is 21.8 Å². The number of carbonyl (C=O) groups excluding carboxylic acids is 1. The van der Waals surface area contributed by atoms with E-state index in [4.69, 9.17) is 14.2 Å². The van der Waals surface area contributed by atoms with E-state index in [-0.39, 0.29) is 19.1 Å². The van der Waals surface area contributed by atoms with Gasteiger partial charge in [0.15, 0.2) is 11.5 Å². The van der Waals surface area contributed by atoms with Gasteiger partial charge in [0.25, 0.3) is 5.91 Å². The lowest BCUT2D eigenvalue weighted by molar-refractivity contribution is 0.0958. The third-order valence-electron chi connectivity index (χ3n) is 3.38. The van der Waals surface area contributed by atoms with Gasteiger partial charge in [-0.15, -0.1) is 0 Å². The van der Waals surface area contributed by atoms with Gasteiger partial charge in [-0.3, -0.25) is 4.79 Å². The van der Waals surface area contributed by atoms with E-state index in [1.54, 1.807) is 18.2 Å². The Balaban J connectivity index is 1.84. The maximum absolute atomic E-state index is 12.3. The number of hydrogen-bond acceptors (Lipinski definition) is 4. The molecule has 5 nitrogen and oxygen atoms in total. The number of amides is 1. The second-order valence-corrected chi connectivity index (χ2v) is 6.23. The van der Waals surface area contributed by atoms with Crippen LogP contribution < -0.4 is 19.5 Å². The molecule has 0 unspecified atom stereocenters. The molecule has 0 bridgehead atoms. The van der Waals surface area contributed by atoms with Crippen LogP contribution >= 0.6 is 15.9 Å². The molecule has 142 valence electrons. The van der Waals surface area contributed by atoms with E-state index < -0.39 is 0 Å². The van der Waals surface area contributed by atoms with Crippen molar-refractivity contribution in [1.29, 1.82) is 0 Å². The maximum atomic E-state index is 12.3. The Morgan fingerprint density at radius 1 is 1.00 bits per heavy atom. The number of halogens is 1. The summed E-state index contributed by atoms with van der Waals surface area (Å²) >= 11 is 3.38. The predicted molar refractivity (Wildman–Crippen MR) is 109 cm³/mol. The molecule has 0 heterocycles. The first kappa shape index (κ1) is 20.7. The minimum absolute atomic E-state index is 0.221. The van der Waals surface area contributed by atoms with Gasteiger partial charge >= 0.3 is 0 Å². The van der Waals surface area contributed by atoms with E-state index >= 15 is 0 Å². The first-order chi connectivity index (χ1) is 13.1. The Morgan fingerprint density at radius 2 is 1.78 bits per heavy atom. The van der Waals surface area contributed by atoms with Crippen LogP contribution in [0.4, 0.5) is 0 Å². The largest absolute Gasteiger partial charge is 0.490 e. The summed E-state index contributed by atoms with van der Waals surface area (Å²) in [6, 6.07) is 12.6. The van der Waals surface area contributed by atoms with E-state index in [1.165, 1.54) is 0 Å². The topological polar surface area (TPSA) is 56.8 Å². The van der Waals surface area contributed by atoms with E-state index in [1.807, 2.05) is 38.1 Å². The standard InChI is InChI=1S/C21H22BrNO4/c1-3-25-19-11-10-16(14-20(19)26-4-2)21(24)23-12-5-6-13-27-18-9-7-8-17(22)15-18/h7-11,14-15H,3-4,12-13H2,1-2H3,(H,23,24). The van der Waals surface area contributed by atoms with Crippen molar-refractivity contribution in [2.24, 2.45) is 0 Å². The van der Waals surface area contributed by atoms with Gasteiger partial charge in [-0.2, -0.15) is 0 Å². The van der Waals surface area contributed by atoms with Gasteiger partial charge in [0.05, 0.1) is 19.8 Å². The normalized spacial score (nSPS) is 9.74. The van der Waals surface area contributed by atoms with Crippen LogP contribution in [0, 0.1) is 11.8 Å². The van der Waals surface area contributed by atoms with Crippen molar-refractivity contribution < 1.29 is 19.0 Å². The fraction of sp³-hybridized carbons (Fsp3) is 0.286. The summed E-state index contributed by atoms with van der Waals surface area (Å²) < 4.78 is 17.5. The lowest BCUT2D eigenvalue weighted by atomic mass is 10.2. The molecule has 6 heteroatoms. The van der Waals surface area contributed by atoms with Crippen LogP contribution in [0.15, 0.2) is 46.9 Å². The monoisotopic (exact) mass is 431 g/mol.